The molecule has 1 fully saturated rings. The molecule has 5 nitrogen and oxygen atoms in total. The number of aromatic nitrogens is 1. The van der Waals surface area contributed by atoms with Gasteiger partial charge in [-0.2, -0.15) is 0 Å². The number of pyridine rings is 1. The number of nitrogens with zero attached hydrogens (tertiary/aromatic N) is 3. The van der Waals surface area contributed by atoms with Crippen molar-refractivity contribution in [3.8, 4) is 0 Å². The van der Waals surface area contributed by atoms with Gasteiger partial charge in [-0.3, -0.25) is 9.78 Å². The lowest BCUT2D eigenvalue weighted by Gasteiger charge is -2.37. The topological polar surface area (TPSA) is 56.7 Å². The van der Waals surface area contributed by atoms with E-state index in [9.17, 15) is 9.90 Å². The van der Waals surface area contributed by atoms with E-state index in [1.54, 1.807) is 20.3 Å². The predicted octanol–water partition coefficient (Wildman–Crippen LogP) is 1.13. The van der Waals surface area contributed by atoms with E-state index in [0.29, 0.717) is 5.69 Å². The van der Waals surface area contributed by atoms with Crippen molar-refractivity contribution in [2.45, 2.75) is 25.4 Å². The van der Waals surface area contributed by atoms with Crippen LogP contribution in [-0.2, 0) is 0 Å². The maximum absolute atomic E-state index is 11.9. The number of amides is 1. The third-order valence-electron chi connectivity index (χ3n) is 3.57. The monoisotopic (exact) mass is 263 g/mol. The fourth-order valence-electron chi connectivity index (χ4n) is 2.21. The number of hydrogen-bond donors (Lipinski definition) is 1. The van der Waals surface area contributed by atoms with Gasteiger partial charge in [0.05, 0.1) is 5.60 Å². The normalized spacial score (nSPS) is 18.2. The van der Waals surface area contributed by atoms with Gasteiger partial charge in [-0.05, 0) is 31.9 Å². The molecule has 1 N–H and O–H groups in total. The van der Waals surface area contributed by atoms with Gasteiger partial charge in [0, 0.05) is 39.1 Å². The molecule has 0 aliphatic carbocycles. The highest BCUT2D eigenvalue weighted by atomic mass is 16.3. The fourth-order valence-corrected chi connectivity index (χ4v) is 2.21. The van der Waals surface area contributed by atoms with E-state index < -0.39 is 5.60 Å². The number of carbonyl (C=O) groups excluding carboxylic acids is 1. The van der Waals surface area contributed by atoms with E-state index in [4.69, 9.17) is 0 Å². The molecule has 0 saturated carbocycles. The maximum Gasteiger partial charge on any atom is 0.272 e. The van der Waals surface area contributed by atoms with Crippen LogP contribution in [0.4, 0.5) is 5.69 Å². The molecule has 0 radical (unpaired) electrons. The minimum atomic E-state index is -0.564. The Morgan fingerprint density at radius 1 is 1.42 bits per heavy atom. The zero-order valence-corrected chi connectivity index (χ0v) is 11.8. The Hall–Kier alpha value is -1.62. The van der Waals surface area contributed by atoms with Crippen molar-refractivity contribution in [3.63, 3.8) is 0 Å². The first-order chi connectivity index (χ1) is 8.89. The van der Waals surface area contributed by atoms with Gasteiger partial charge >= 0.3 is 0 Å². The van der Waals surface area contributed by atoms with Gasteiger partial charge < -0.3 is 14.9 Å². The van der Waals surface area contributed by atoms with Crippen LogP contribution in [0, 0.1) is 0 Å². The van der Waals surface area contributed by atoms with Crippen LogP contribution in [0.1, 0.15) is 30.3 Å². The molecule has 5 heteroatoms. The summed E-state index contributed by atoms with van der Waals surface area (Å²) in [6.07, 6.45) is 3.15. The molecular formula is C14H21N3O2. The fraction of sp³-hybridized carbons (Fsp3) is 0.571. The van der Waals surface area contributed by atoms with E-state index in [1.165, 1.54) is 4.90 Å². The molecule has 0 bridgehead atoms. The van der Waals surface area contributed by atoms with Crippen LogP contribution in [0.3, 0.4) is 0 Å². The summed E-state index contributed by atoms with van der Waals surface area (Å²) in [5.41, 5.74) is 0.891. The van der Waals surface area contributed by atoms with Crippen LogP contribution in [0.5, 0.6) is 0 Å². The van der Waals surface area contributed by atoms with Gasteiger partial charge in [0.25, 0.3) is 5.91 Å². The lowest BCUT2D eigenvalue weighted by molar-refractivity contribution is 0.0351. The number of piperidine rings is 1. The number of rotatable bonds is 2. The number of anilines is 1. The van der Waals surface area contributed by atoms with Crippen LogP contribution < -0.4 is 4.90 Å². The first-order valence-corrected chi connectivity index (χ1v) is 6.54. The molecule has 1 aliphatic rings. The highest BCUT2D eigenvalue weighted by molar-refractivity contribution is 5.92. The molecule has 1 aromatic rings. The maximum atomic E-state index is 11.9. The first-order valence-electron chi connectivity index (χ1n) is 6.54. The molecule has 1 amide bonds. The van der Waals surface area contributed by atoms with Crippen molar-refractivity contribution in [3.05, 3.63) is 24.0 Å². The van der Waals surface area contributed by atoms with Crippen LogP contribution in [0.15, 0.2) is 18.3 Å². The van der Waals surface area contributed by atoms with Gasteiger partial charge in [0.1, 0.15) is 5.69 Å². The van der Waals surface area contributed by atoms with Crippen molar-refractivity contribution in [2.24, 2.45) is 0 Å². The second-order valence-electron chi connectivity index (χ2n) is 5.58. The molecular weight excluding hydrogens is 242 g/mol. The molecule has 0 spiro atoms. The quantitative estimate of drug-likeness (QED) is 0.869. The Morgan fingerprint density at radius 3 is 2.63 bits per heavy atom. The Labute approximate surface area is 113 Å². The Balaban J connectivity index is 2.14. The molecule has 1 saturated heterocycles. The van der Waals surface area contributed by atoms with Gasteiger partial charge in [-0.25, -0.2) is 0 Å². The van der Waals surface area contributed by atoms with Crippen molar-refractivity contribution < 1.29 is 9.90 Å². The summed E-state index contributed by atoms with van der Waals surface area (Å²) in [6, 6.07) is 3.73. The van der Waals surface area contributed by atoms with Crippen molar-refractivity contribution in [2.75, 3.05) is 32.1 Å². The van der Waals surface area contributed by atoms with Crippen LogP contribution >= 0.6 is 0 Å². The molecule has 2 heterocycles. The second kappa shape index (κ2) is 5.17. The Bertz CT molecular complexity index is 462. The Kier molecular flexibility index (Phi) is 3.75. The van der Waals surface area contributed by atoms with Gasteiger partial charge in [-0.15, -0.1) is 0 Å². The molecule has 2 rings (SSSR count). The SMILES string of the molecule is CN(C)C(=O)c1cc(N2CCC(C)(O)CC2)ccn1. The largest absolute Gasteiger partial charge is 0.390 e. The standard InChI is InChI=1S/C14H21N3O2/c1-14(19)5-8-17(9-6-14)11-4-7-15-12(10-11)13(18)16(2)3/h4,7,10,19H,5-6,8-9H2,1-3H3. The second-order valence-corrected chi connectivity index (χ2v) is 5.58. The van der Waals surface area contributed by atoms with Crippen LogP contribution in [-0.4, -0.2) is 53.7 Å². The average molecular weight is 263 g/mol. The van der Waals surface area contributed by atoms with E-state index in [1.807, 2.05) is 19.1 Å². The molecule has 104 valence electrons. The van der Waals surface area contributed by atoms with Crippen molar-refractivity contribution >= 4 is 11.6 Å². The van der Waals surface area contributed by atoms with E-state index in [2.05, 4.69) is 9.88 Å². The van der Waals surface area contributed by atoms with Crippen molar-refractivity contribution in [1.82, 2.24) is 9.88 Å². The number of carbonyl (C=O) groups is 1. The van der Waals surface area contributed by atoms with E-state index in [-0.39, 0.29) is 5.91 Å². The lowest BCUT2D eigenvalue weighted by atomic mass is 9.93. The minimum absolute atomic E-state index is 0.0918. The highest BCUT2D eigenvalue weighted by Gasteiger charge is 2.27. The third-order valence-corrected chi connectivity index (χ3v) is 3.57. The third kappa shape index (κ3) is 3.23. The zero-order chi connectivity index (χ0) is 14.0. The van der Waals surface area contributed by atoms with E-state index >= 15 is 0 Å². The van der Waals surface area contributed by atoms with Crippen LogP contribution in [0.25, 0.3) is 0 Å². The number of hydrogen-bond acceptors (Lipinski definition) is 4. The predicted molar refractivity (Wildman–Crippen MR) is 74.3 cm³/mol. The highest BCUT2D eigenvalue weighted by Crippen LogP contribution is 2.25. The zero-order valence-electron chi connectivity index (χ0n) is 11.8. The molecule has 0 atom stereocenters. The molecule has 0 aromatic carbocycles. The summed E-state index contributed by atoms with van der Waals surface area (Å²) in [5.74, 6) is -0.0918. The summed E-state index contributed by atoms with van der Waals surface area (Å²) < 4.78 is 0. The van der Waals surface area contributed by atoms with E-state index in [0.717, 1.165) is 31.6 Å². The molecule has 19 heavy (non-hydrogen) atoms. The van der Waals surface area contributed by atoms with Gasteiger partial charge in [0.2, 0.25) is 0 Å². The molecule has 1 aliphatic heterocycles. The van der Waals surface area contributed by atoms with Crippen LogP contribution in [0.2, 0.25) is 0 Å². The smallest absolute Gasteiger partial charge is 0.272 e. The summed E-state index contributed by atoms with van der Waals surface area (Å²) in [4.78, 5) is 19.7. The first kappa shape index (κ1) is 13.8. The molecule has 1 aromatic heterocycles. The minimum Gasteiger partial charge on any atom is -0.390 e. The summed E-state index contributed by atoms with van der Waals surface area (Å²) in [5, 5.41) is 9.95. The number of aliphatic hydroxyl groups is 1. The van der Waals surface area contributed by atoms with Crippen molar-refractivity contribution in [1.29, 1.82) is 0 Å². The molecule has 0 unspecified atom stereocenters. The lowest BCUT2D eigenvalue weighted by Crippen LogP contribution is -2.42. The summed E-state index contributed by atoms with van der Waals surface area (Å²) in [6.45, 7) is 3.47. The summed E-state index contributed by atoms with van der Waals surface area (Å²) in [7, 11) is 3.43. The average Bonchev–Trinajstić information content (AvgIpc) is 2.38. The Morgan fingerprint density at radius 2 is 2.05 bits per heavy atom. The van der Waals surface area contributed by atoms with Gasteiger partial charge in [-0.1, -0.05) is 0 Å². The summed E-state index contributed by atoms with van der Waals surface area (Å²) >= 11 is 0. The van der Waals surface area contributed by atoms with Gasteiger partial charge in [0.15, 0.2) is 0 Å².